The van der Waals surface area contributed by atoms with E-state index in [-0.39, 0.29) is 0 Å². The average Bonchev–Trinajstić information content (AvgIpc) is 3.85. The van der Waals surface area contributed by atoms with E-state index in [1.54, 1.807) is 0 Å². The number of aromatic nitrogens is 3. The maximum atomic E-state index is 6.70. The molecule has 0 saturated carbocycles. The summed E-state index contributed by atoms with van der Waals surface area (Å²) in [6.07, 6.45) is 1.82. The zero-order valence-electron chi connectivity index (χ0n) is 30.1. The Kier molecular flexibility index (Phi) is 7.64. The van der Waals surface area contributed by atoms with Crippen LogP contribution in [0.15, 0.2) is 193 Å². The SMILES string of the molecule is c1ccc(-c2cc(-c3ccc(-c4ccc(-c5ccc6c(c5)sc5ccccc56)c5c4oc4ccccc45)cc3)nc(-c3cccc(-c4ccccn4)c3)n2)cc1. The Balaban J connectivity index is 1.01. The summed E-state index contributed by atoms with van der Waals surface area (Å²) in [6.45, 7) is 0. The molecule has 0 saturated heterocycles. The van der Waals surface area contributed by atoms with Crippen LogP contribution in [0, 0.1) is 0 Å². The first kappa shape index (κ1) is 32.2. The van der Waals surface area contributed by atoms with Crippen LogP contribution in [0.4, 0.5) is 0 Å². The van der Waals surface area contributed by atoms with Crippen LogP contribution >= 0.6 is 11.3 Å². The number of rotatable bonds is 6. The Labute approximate surface area is 327 Å². The maximum Gasteiger partial charge on any atom is 0.160 e. The van der Waals surface area contributed by atoms with Gasteiger partial charge in [0.25, 0.3) is 0 Å². The van der Waals surface area contributed by atoms with Crippen LogP contribution in [0.25, 0.3) is 110 Å². The fourth-order valence-corrected chi connectivity index (χ4v) is 8.99. The molecular weight excluding hydrogens is 703 g/mol. The van der Waals surface area contributed by atoms with Crippen molar-refractivity contribution in [2.24, 2.45) is 0 Å². The van der Waals surface area contributed by atoms with Crippen molar-refractivity contribution in [3.8, 4) is 67.4 Å². The Morgan fingerprint density at radius 3 is 1.89 bits per heavy atom. The van der Waals surface area contributed by atoms with Crippen molar-refractivity contribution in [3.63, 3.8) is 0 Å². The predicted octanol–water partition coefficient (Wildman–Crippen LogP) is 14.1. The summed E-state index contributed by atoms with van der Waals surface area (Å²) < 4.78 is 9.29. The molecule has 0 aliphatic carbocycles. The van der Waals surface area contributed by atoms with Gasteiger partial charge in [-0.05, 0) is 65.2 Å². The molecule has 7 aromatic carbocycles. The highest BCUT2D eigenvalue weighted by atomic mass is 32.1. The normalized spacial score (nSPS) is 11.6. The Morgan fingerprint density at radius 1 is 0.393 bits per heavy atom. The van der Waals surface area contributed by atoms with Gasteiger partial charge in [-0.25, -0.2) is 9.97 Å². The Hall–Kier alpha value is -7.21. The Bertz CT molecular complexity index is 3240. The van der Waals surface area contributed by atoms with Crippen molar-refractivity contribution in [1.29, 1.82) is 0 Å². The van der Waals surface area contributed by atoms with Gasteiger partial charge in [0, 0.05) is 65.0 Å². The highest BCUT2D eigenvalue weighted by Crippen LogP contribution is 2.44. The second kappa shape index (κ2) is 13.3. The summed E-state index contributed by atoms with van der Waals surface area (Å²) >= 11 is 1.84. The number of para-hydroxylation sites is 1. The lowest BCUT2D eigenvalue weighted by Gasteiger charge is -2.11. The van der Waals surface area contributed by atoms with Crippen LogP contribution in [0.2, 0.25) is 0 Å². The minimum Gasteiger partial charge on any atom is -0.455 e. The van der Waals surface area contributed by atoms with Gasteiger partial charge in [-0.1, -0.05) is 133 Å². The number of hydrogen-bond donors (Lipinski definition) is 0. The van der Waals surface area contributed by atoms with Crippen molar-refractivity contribution >= 4 is 53.4 Å². The van der Waals surface area contributed by atoms with E-state index in [9.17, 15) is 0 Å². The number of pyridine rings is 1. The van der Waals surface area contributed by atoms with E-state index in [0.29, 0.717) is 5.82 Å². The third-order valence-electron chi connectivity index (χ3n) is 10.6. The lowest BCUT2D eigenvalue weighted by Crippen LogP contribution is -1.96. The monoisotopic (exact) mass is 733 g/mol. The summed E-state index contributed by atoms with van der Waals surface area (Å²) in [7, 11) is 0. The van der Waals surface area contributed by atoms with Gasteiger partial charge in [-0.2, -0.15) is 0 Å². The van der Waals surface area contributed by atoms with Gasteiger partial charge in [0.1, 0.15) is 11.2 Å². The molecule has 0 aliphatic rings. The quantitative estimate of drug-likeness (QED) is 0.171. The van der Waals surface area contributed by atoms with Crippen molar-refractivity contribution in [2.75, 3.05) is 0 Å². The third kappa shape index (κ3) is 5.56. The second-order valence-electron chi connectivity index (χ2n) is 14.0. The van der Waals surface area contributed by atoms with Crippen molar-refractivity contribution in [3.05, 3.63) is 188 Å². The molecule has 5 heteroatoms. The molecule has 0 unspecified atom stereocenters. The lowest BCUT2D eigenvalue weighted by atomic mass is 9.94. The highest BCUT2D eigenvalue weighted by Gasteiger charge is 2.19. The van der Waals surface area contributed by atoms with Crippen molar-refractivity contribution in [1.82, 2.24) is 15.0 Å². The molecule has 0 bridgehead atoms. The second-order valence-corrected chi connectivity index (χ2v) is 15.1. The van der Waals surface area contributed by atoms with E-state index in [2.05, 4.69) is 138 Å². The molecule has 4 aromatic heterocycles. The zero-order chi connectivity index (χ0) is 37.0. The van der Waals surface area contributed by atoms with Crippen LogP contribution in [0.3, 0.4) is 0 Å². The molecule has 0 spiro atoms. The number of thiophene rings is 1. The summed E-state index contributed by atoms with van der Waals surface area (Å²) in [4.78, 5) is 14.8. The number of nitrogens with zero attached hydrogens (tertiary/aromatic N) is 3. The standard InChI is InChI=1S/C51H31N3OS/c1-2-11-33(12-3-1)44-31-45(54-51(53-44)37-14-10-13-36(29-37)43-17-8-9-28-52-43)34-22-20-32(21-23-34)39-27-26-38(49-42-16-4-6-18-46(42)55-50(39)49)35-24-25-41-40-15-5-7-19-47(40)56-48(41)30-35/h1-31H. The predicted molar refractivity (Wildman–Crippen MR) is 233 cm³/mol. The van der Waals surface area contributed by atoms with E-state index in [4.69, 9.17) is 14.4 Å². The van der Waals surface area contributed by atoms with Gasteiger partial charge < -0.3 is 4.42 Å². The first-order valence-corrected chi connectivity index (χ1v) is 19.5. The largest absolute Gasteiger partial charge is 0.455 e. The van der Waals surface area contributed by atoms with E-state index >= 15 is 0 Å². The van der Waals surface area contributed by atoms with E-state index < -0.39 is 0 Å². The van der Waals surface area contributed by atoms with Crippen LogP contribution in [-0.2, 0) is 0 Å². The molecule has 11 aromatic rings. The fraction of sp³-hybridized carbons (Fsp3) is 0. The third-order valence-corrected chi connectivity index (χ3v) is 11.7. The summed E-state index contributed by atoms with van der Waals surface area (Å²) in [5, 5.41) is 4.84. The molecule has 0 fully saturated rings. The van der Waals surface area contributed by atoms with Gasteiger partial charge >= 0.3 is 0 Å². The molecule has 11 rings (SSSR count). The smallest absolute Gasteiger partial charge is 0.160 e. The van der Waals surface area contributed by atoms with E-state index in [1.165, 1.54) is 31.3 Å². The number of fused-ring (bicyclic) bond motifs is 6. The summed E-state index contributed by atoms with van der Waals surface area (Å²) in [5.41, 5.74) is 12.9. The number of furan rings is 1. The first-order valence-electron chi connectivity index (χ1n) is 18.7. The Morgan fingerprint density at radius 2 is 1.05 bits per heavy atom. The molecule has 0 amide bonds. The van der Waals surface area contributed by atoms with Gasteiger partial charge in [0.2, 0.25) is 0 Å². The number of hydrogen-bond acceptors (Lipinski definition) is 5. The highest BCUT2D eigenvalue weighted by molar-refractivity contribution is 7.25. The van der Waals surface area contributed by atoms with Gasteiger partial charge in [-0.3, -0.25) is 4.98 Å². The van der Waals surface area contributed by atoms with Crippen molar-refractivity contribution in [2.45, 2.75) is 0 Å². The minimum absolute atomic E-state index is 0.664. The number of benzene rings is 7. The molecule has 0 atom stereocenters. The average molecular weight is 734 g/mol. The summed E-state index contributed by atoms with van der Waals surface area (Å²) in [6, 6.07) is 63.6. The van der Waals surface area contributed by atoms with Crippen LogP contribution in [0.5, 0.6) is 0 Å². The maximum absolute atomic E-state index is 6.70. The molecule has 56 heavy (non-hydrogen) atoms. The molecule has 4 nitrogen and oxygen atoms in total. The van der Waals surface area contributed by atoms with Crippen LogP contribution in [-0.4, -0.2) is 15.0 Å². The van der Waals surface area contributed by atoms with Gasteiger partial charge in [-0.15, -0.1) is 11.3 Å². The molecule has 0 radical (unpaired) electrons. The fourth-order valence-electron chi connectivity index (χ4n) is 7.84. The van der Waals surface area contributed by atoms with Crippen molar-refractivity contribution < 1.29 is 4.42 Å². The van der Waals surface area contributed by atoms with Gasteiger partial charge in [0.15, 0.2) is 5.82 Å². The van der Waals surface area contributed by atoms with Crippen LogP contribution < -0.4 is 0 Å². The lowest BCUT2D eigenvalue weighted by molar-refractivity contribution is 0.670. The topological polar surface area (TPSA) is 51.8 Å². The van der Waals surface area contributed by atoms with E-state index in [0.717, 1.165) is 72.4 Å². The van der Waals surface area contributed by atoms with Gasteiger partial charge in [0.05, 0.1) is 17.1 Å². The molecule has 0 N–H and O–H groups in total. The zero-order valence-corrected chi connectivity index (χ0v) is 30.9. The summed E-state index contributed by atoms with van der Waals surface area (Å²) in [5.74, 6) is 0.664. The van der Waals surface area contributed by atoms with E-state index in [1.807, 2.05) is 66.1 Å². The molecule has 262 valence electrons. The molecule has 0 aliphatic heterocycles. The molecular formula is C51H31N3OS. The first-order chi connectivity index (χ1) is 27.7. The minimum atomic E-state index is 0.664. The van der Waals surface area contributed by atoms with Crippen LogP contribution in [0.1, 0.15) is 0 Å². The molecule has 4 heterocycles.